The maximum Gasteiger partial charge on any atom is 0.312 e. The molecule has 0 bridgehead atoms. The third-order valence-corrected chi connectivity index (χ3v) is 6.54. The number of hydrogen-bond donors (Lipinski definition) is 2. The van der Waals surface area contributed by atoms with E-state index in [0.29, 0.717) is 37.2 Å². The van der Waals surface area contributed by atoms with Crippen LogP contribution in [0.5, 0.6) is 0 Å². The van der Waals surface area contributed by atoms with E-state index in [9.17, 15) is 9.18 Å². The topological polar surface area (TPSA) is 105 Å². The van der Waals surface area contributed by atoms with Crippen LogP contribution in [0.4, 0.5) is 21.6 Å². The number of nitrogen functional groups attached to an aromatic ring is 1. The smallest absolute Gasteiger partial charge is 0.312 e. The molecular formula is C25H33FN8O. The SMILES string of the molecule is CC(C)(C)CNCCn1c(Cc2cc3c(cc2N2CC2)N(CC=O)CC3)nc2c(N)nc(F)nc21. The van der Waals surface area contributed by atoms with Gasteiger partial charge in [-0.3, -0.25) is 0 Å². The minimum atomic E-state index is -0.845. The van der Waals surface area contributed by atoms with Crippen LogP contribution in [0.15, 0.2) is 12.1 Å². The number of nitrogens with one attached hydrogen (secondary N) is 1. The highest BCUT2D eigenvalue weighted by molar-refractivity contribution is 5.82. The van der Waals surface area contributed by atoms with Gasteiger partial charge in [-0.15, -0.1) is 0 Å². The molecule has 0 aliphatic carbocycles. The number of carbonyl (C=O) groups excluding carboxylic acids is 1. The van der Waals surface area contributed by atoms with Crippen molar-refractivity contribution in [1.29, 1.82) is 0 Å². The van der Waals surface area contributed by atoms with Gasteiger partial charge in [0, 0.05) is 57.1 Å². The number of nitrogens with two attached hydrogens (primary N) is 1. The van der Waals surface area contributed by atoms with Gasteiger partial charge in [-0.05, 0) is 29.0 Å². The predicted molar refractivity (Wildman–Crippen MR) is 135 cm³/mol. The van der Waals surface area contributed by atoms with Gasteiger partial charge in [0.05, 0.1) is 6.54 Å². The number of rotatable bonds is 9. The molecule has 35 heavy (non-hydrogen) atoms. The average Bonchev–Trinajstić information content (AvgIpc) is 3.48. The number of aromatic nitrogens is 4. The Morgan fingerprint density at radius 3 is 2.66 bits per heavy atom. The van der Waals surface area contributed by atoms with Crippen LogP contribution in [0, 0.1) is 11.5 Å². The lowest BCUT2D eigenvalue weighted by Crippen LogP contribution is -2.30. The number of fused-ring (bicyclic) bond motifs is 2. The Kier molecular flexibility index (Phi) is 6.08. The van der Waals surface area contributed by atoms with Crippen molar-refractivity contribution in [2.45, 2.75) is 40.2 Å². The second-order valence-corrected chi connectivity index (χ2v) is 10.6. The van der Waals surface area contributed by atoms with E-state index >= 15 is 0 Å². The van der Waals surface area contributed by atoms with Crippen LogP contribution < -0.4 is 20.9 Å². The monoisotopic (exact) mass is 480 g/mol. The largest absolute Gasteiger partial charge is 0.382 e. The average molecular weight is 481 g/mol. The maximum absolute atomic E-state index is 14.1. The zero-order valence-electron chi connectivity index (χ0n) is 20.6. The van der Waals surface area contributed by atoms with Crippen LogP contribution >= 0.6 is 0 Å². The lowest BCUT2D eigenvalue weighted by Gasteiger charge is -2.20. The maximum atomic E-state index is 14.1. The van der Waals surface area contributed by atoms with Gasteiger partial charge in [0.2, 0.25) is 0 Å². The van der Waals surface area contributed by atoms with E-state index in [1.165, 1.54) is 11.1 Å². The zero-order valence-corrected chi connectivity index (χ0v) is 20.6. The van der Waals surface area contributed by atoms with E-state index in [1.807, 2.05) is 4.57 Å². The second kappa shape index (κ2) is 9.07. The van der Waals surface area contributed by atoms with Crippen molar-refractivity contribution in [2.24, 2.45) is 5.41 Å². The Bertz CT molecular complexity index is 1260. The second-order valence-electron chi connectivity index (χ2n) is 10.6. The van der Waals surface area contributed by atoms with Crippen LogP contribution in [0.2, 0.25) is 0 Å². The summed E-state index contributed by atoms with van der Waals surface area (Å²) in [4.78, 5) is 28.1. The van der Waals surface area contributed by atoms with Crippen molar-refractivity contribution < 1.29 is 9.18 Å². The number of aldehydes is 1. The molecule has 2 aliphatic rings. The summed E-state index contributed by atoms with van der Waals surface area (Å²) in [6, 6.07) is 4.45. The summed E-state index contributed by atoms with van der Waals surface area (Å²) in [5.41, 5.74) is 11.8. The van der Waals surface area contributed by atoms with Crippen molar-refractivity contribution >= 4 is 34.6 Å². The highest BCUT2D eigenvalue weighted by atomic mass is 19.1. The first-order valence-electron chi connectivity index (χ1n) is 12.2. The number of halogens is 1. The number of anilines is 3. The van der Waals surface area contributed by atoms with E-state index in [1.54, 1.807) is 0 Å². The molecule has 3 N–H and O–H groups in total. The molecule has 0 amide bonds. The molecule has 4 heterocycles. The van der Waals surface area contributed by atoms with Crippen molar-refractivity contribution in [2.75, 3.05) is 54.8 Å². The first-order valence-corrected chi connectivity index (χ1v) is 12.2. The molecule has 2 aromatic heterocycles. The Balaban J connectivity index is 1.50. The molecule has 9 nitrogen and oxygen atoms in total. The molecule has 1 saturated heterocycles. The van der Waals surface area contributed by atoms with E-state index < -0.39 is 6.08 Å². The van der Waals surface area contributed by atoms with Gasteiger partial charge in [-0.2, -0.15) is 14.4 Å². The van der Waals surface area contributed by atoms with E-state index in [-0.39, 0.29) is 11.2 Å². The fourth-order valence-corrected chi connectivity index (χ4v) is 4.78. The number of benzene rings is 1. The van der Waals surface area contributed by atoms with E-state index in [0.717, 1.165) is 56.1 Å². The summed E-state index contributed by atoms with van der Waals surface area (Å²) >= 11 is 0. The summed E-state index contributed by atoms with van der Waals surface area (Å²) in [7, 11) is 0. The molecule has 0 radical (unpaired) electrons. The minimum absolute atomic E-state index is 0.0553. The number of imidazole rings is 1. The highest BCUT2D eigenvalue weighted by Crippen LogP contribution is 2.38. The summed E-state index contributed by atoms with van der Waals surface area (Å²) in [6.07, 6.45) is 1.60. The summed E-state index contributed by atoms with van der Waals surface area (Å²) in [5.74, 6) is 0.842. The molecule has 0 saturated carbocycles. The molecule has 0 spiro atoms. The minimum Gasteiger partial charge on any atom is -0.382 e. The van der Waals surface area contributed by atoms with Crippen molar-refractivity contribution in [1.82, 2.24) is 24.8 Å². The molecule has 3 aromatic rings. The van der Waals surface area contributed by atoms with Crippen LogP contribution in [0.25, 0.3) is 11.2 Å². The fourth-order valence-electron chi connectivity index (χ4n) is 4.78. The number of carbonyl (C=O) groups is 1. The molecule has 0 atom stereocenters. The van der Waals surface area contributed by atoms with Gasteiger partial charge in [-0.1, -0.05) is 26.8 Å². The van der Waals surface area contributed by atoms with Gasteiger partial charge in [0.25, 0.3) is 0 Å². The number of nitrogens with zero attached hydrogens (tertiary/aromatic N) is 6. The van der Waals surface area contributed by atoms with Gasteiger partial charge in [-0.25, -0.2) is 4.98 Å². The highest BCUT2D eigenvalue weighted by Gasteiger charge is 2.28. The first kappa shape index (κ1) is 23.5. The summed E-state index contributed by atoms with van der Waals surface area (Å²) < 4.78 is 16.1. The standard InChI is InChI=1S/C25H33FN8O/c1-25(2,3)15-28-5-7-34-20(29-21-22(27)30-24(26)31-23(21)34)13-17-12-16-4-6-32(10-11-35)18(16)14-19(17)33-8-9-33/h11-12,14,28H,4-10,13,15H2,1-3H3,(H2,27,30,31). The van der Waals surface area contributed by atoms with Gasteiger partial charge < -0.3 is 30.2 Å². The van der Waals surface area contributed by atoms with Gasteiger partial charge in [0.15, 0.2) is 17.0 Å². The Morgan fingerprint density at radius 1 is 1.14 bits per heavy atom. The number of hydrogen-bond acceptors (Lipinski definition) is 8. The lowest BCUT2D eigenvalue weighted by molar-refractivity contribution is -0.106. The Morgan fingerprint density at radius 2 is 1.94 bits per heavy atom. The molecular weight excluding hydrogens is 447 g/mol. The van der Waals surface area contributed by atoms with E-state index in [2.05, 4.69) is 58.0 Å². The molecule has 0 unspecified atom stereocenters. The Hall–Kier alpha value is -3.27. The third-order valence-electron chi connectivity index (χ3n) is 6.54. The van der Waals surface area contributed by atoms with Crippen LogP contribution in [-0.2, 0) is 24.2 Å². The predicted octanol–water partition coefficient (Wildman–Crippen LogP) is 2.16. The van der Waals surface area contributed by atoms with E-state index in [4.69, 9.17) is 10.7 Å². The first-order chi connectivity index (χ1) is 16.7. The van der Waals surface area contributed by atoms with Gasteiger partial charge in [0.1, 0.15) is 12.1 Å². The van der Waals surface area contributed by atoms with Crippen LogP contribution in [0.1, 0.15) is 37.7 Å². The molecule has 2 aliphatic heterocycles. The fraction of sp³-hybridized carbons (Fsp3) is 0.520. The van der Waals surface area contributed by atoms with Crippen molar-refractivity contribution in [3.63, 3.8) is 0 Å². The third kappa shape index (κ3) is 4.93. The van der Waals surface area contributed by atoms with Crippen LogP contribution in [-0.4, -0.2) is 65.1 Å². The Labute approximate surface area is 204 Å². The zero-order chi connectivity index (χ0) is 24.7. The van der Waals surface area contributed by atoms with Gasteiger partial charge >= 0.3 is 6.08 Å². The normalized spacial score (nSPS) is 15.2. The molecule has 1 aromatic carbocycles. The summed E-state index contributed by atoms with van der Waals surface area (Å²) in [6.45, 7) is 12.0. The molecule has 1 fully saturated rings. The molecule has 5 rings (SSSR count). The van der Waals surface area contributed by atoms with Crippen LogP contribution in [0.3, 0.4) is 0 Å². The molecule has 186 valence electrons. The quantitative estimate of drug-likeness (QED) is 0.208. The lowest BCUT2D eigenvalue weighted by atomic mass is 9.97. The summed E-state index contributed by atoms with van der Waals surface area (Å²) in [5, 5.41) is 3.48. The van der Waals surface area contributed by atoms with Crippen molar-refractivity contribution in [3.05, 3.63) is 35.2 Å². The molecule has 10 heteroatoms. The van der Waals surface area contributed by atoms with Crippen molar-refractivity contribution in [3.8, 4) is 0 Å².